The second-order valence-corrected chi connectivity index (χ2v) is 2.72. The summed E-state index contributed by atoms with van der Waals surface area (Å²) >= 11 is 1.85. The van der Waals surface area contributed by atoms with Crippen LogP contribution in [0.3, 0.4) is 0 Å². The summed E-state index contributed by atoms with van der Waals surface area (Å²) in [6, 6.07) is 0. The van der Waals surface area contributed by atoms with Crippen molar-refractivity contribution in [2.75, 3.05) is 6.54 Å². The molecule has 0 aliphatic heterocycles. The zero-order valence-corrected chi connectivity index (χ0v) is 8.77. The molecule has 0 aliphatic carbocycles. The number of rotatable bonds is 4. The monoisotopic (exact) mass is 265 g/mol. The molecule has 0 spiro atoms. The molecule has 0 aliphatic rings. The van der Waals surface area contributed by atoms with Crippen LogP contribution < -0.4 is 5.32 Å². The van der Waals surface area contributed by atoms with Gasteiger partial charge < -0.3 is 5.32 Å². The third kappa shape index (κ3) is 7.66. The highest BCUT2D eigenvalue weighted by molar-refractivity contribution is 14.1. The zero-order chi connectivity index (χ0) is 8.53. The Morgan fingerprint density at radius 3 is 2.82 bits per heavy atom. The van der Waals surface area contributed by atoms with Crippen molar-refractivity contribution in [3.8, 4) is 9.85 Å². The van der Waals surface area contributed by atoms with E-state index in [9.17, 15) is 4.79 Å². The van der Waals surface area contributed by atoms with Crippen LogP contribution >= 0.6 is 22.6 Å². The minimum absolute atomic E-state index is 0.171. The SMILES string of the molecule is CCCCCNC(=O)C#CI. The smallest absolute Gasteiger partial charge is 0.296 e. The van der Waals surface area contributed by atoms with Gasteiger partial charge in [-0.1, -0.05) is 19.8 Å². The lowest BCUT2D eigenvalue weighted by Gasteiger charge is -1.97. The maximum absolute atomic E-state index is 10.7. The highest BCUT2D eigenvalue weighted by atomic mass is 127. The predicted molar refractivity (Wildman–Crippen MR) is 54.3 cm³/mol. The van der Waals surface area contributed by atoms with Crippen LogP contribution in [-0.4, -0.2) is 12.5 Å². The molecule has 0 radical (unpaired) electrons. The predicted octanol–water partition coefficient (Wildman–Crippen LogP) is 1.69. The maximum atomic E-state index is 10.7. The van der Waals surface area contributed by atoms with Crippen LogP contribution in [-0.2, 0) is 4.79 Å². The Hall–Kier alpha value is -0.240. The number of carbonyl (C=O) groups is 1. The van der Waals surface area contributed by atoms with Gasteiger partial charge in [0.25, 0.3) is 5.91 Å². The molecule has 0 unspecified atom stereocenters. The largest absolute Gasteiger partial charge is 0.345 e. The van der Waals surface area contributed by atoms with E-state index in [4.69, 9.17) is 0 Å². The molecule has 0 heterocycles. The van der Waals surface area contributed by atoms with E-state index < -0.39 is 0 Å². The first-order valence-corrected chi connectivity index (χ1v) is 4.78. The van der Waals surface area contributed by atoms with Gasteiger partial charge in [-0.2, -0.15) is 0 Å². The lowest BCUT2D eigenvalue weighted by Crippen LogP contribution is -2.22. The van der Waals surface area contributed by atoms with E-state index in [2.05, 4.69) is 22.1 Å². The molecule has 0 aromatic rings. The van der Waals surface area contributed by atoms with Gasteiger partial charge in [0, 0.05) is 35.1 Å². The van der Waals surface area contributed by atoms with E-state index in [1.807, 2.05) is 22.6 Å². The van der Waals surface area contributed by atoms with Crippen molar-refractivity contribution in [1.29, 1.82) is 0 Å². The highest BCUT2D eigenvalue weighted by Gasteiger charge is 1.91. The fourth-order valence-corrected chi connectivity index (χ4v) is 0.909. The normalized spacial score (nSPS) is 8.18. The first-order valence-electron chi connectivity index (χ1n) is 3.70. The quantitative estimate of drug-likeness (QED) is 0.468. The van der Waals surface area contributed by atoms with Gasteiger partial charge in [0.05, 0.1) is 0 Å². The fraction of sp³-hybridized carbons (Fsp3) is 0.625. The summed E-state index contributed by atoms with van der Waals surface area (Å²) in [6.45, 7) is 2.88. The Bertz CT molecular complexity index is 169. The Balaban J connectivity index is 3.22. The molecular weight excluding hydrogens is 253 g/mol. The molecule has 0 aromatic heterocycles. The highest BCUT2D eigenvalue weighted by Crippen LogP contribution is 1.90. The van der Waals surface area contributed by atoms with Crippen molar-refractivity contribution >= 4 is 28.5 Å². The molecule has 1 amide bonds. The van der Waals surface area contributed by atoms with E-state index >= 15 is 0 Å². The van der Waals surface area contributed by atoms with Gasteiger partial charge in [-0.25, -0.2) is 0 Å². The summed E-state index contributed by atoms with van der Waals surface area (Å²) in [5.41, 5.74) is 0. The Labute approximate surface area is 81.3 Å². The molecular formula is C8H12INO. The first kappa shape index (κ1) is 10.8. The zero-order valence-electron chi connectivity index (χ0n) is 6.61. The molecule has 0 fully saturated rings. The summed E-state index contributed by atoms with van der Waals surface area (Å²) < 4.78 is 2.52. The standard InChI is InChI=1S/C8H12INO/c1-2-3-4-7-10-8(11)5-6-9/h2-4,7H2,1H3,(H,10,11). The van der Waals surface area contributed by atoms with Gasteiger partial charge in [0.1, 0.15) is 0 Å². The van der Waals surface area contributed by atoms with Crippen LogP contribution in [0, 0.1) is 9.85 Å². The third-order valence-corrected chi connectivity index (χ3v) is 1.50. The van der Waals surface area contributed by atoms with E-state index in [1.54, 1.807) is 0 Å². The average molecular weight is 265 g/mol. The van der Waals surface area contributed by atoms with Gasteiger partial charge in [0.2, 0.25) is 0 Å². The molecule has 0 bridgehead atoms. The number of nitrogens with one attached hydrogen (secondary N) is 1. The van der Waals surface area contributed by atoms with Gasteiger partial charge in [-0.15, -0.1) is 0 Å². The van der Waals surface area contributed by atoms with Gasteiger partial charge >= 0.3 is 0 Å². The van der Waals surface area contributed by atoms with Gasteiger partial charge in [-0.3, -0.25) is 4.79 Å². The molecule has 2 nitrogen and oxygen atoms in total. The molecule has 0 saturated heterocycles. The fourth-order valence-electron chi connectivity index (χ4n) is 0.664. The number of unbranched alkanes of at least 4 members (excludes halogenated alkanes) is 2. The van der Waals surface area contributed by atoms with E-state index in [-0.39, 0.29) is 5.91 Å². The molecule has 0 aromatic carbocycles. The van der Waals surface area contributed by atoms with Crippen molar-refractivity contribution in [3.05, 3.63) is 0 Å². The van der Waals surface area contributed by atoms with Crippen LogP contribution in [0.25, 0.3) is 0 Å². The molecule has 0 atom stereocenters. The van der Waals surface area contributed by atoms with Crippen molar-refractivity contribution in [3.63, 3.8) is 0 Å². The average Bonchev–Trinajstić information content (AvgIpc) is 1.99. The molecule has 62 valence electrons. The van der Waals surface area contributed by atoms with Crippen LogP contribution in [0.15, 0.2) is 0 Å². The number of hydrogen-bond donors (Lipinski definition) is 1. The van der Waals surface area contributed by atoms with Gasteiger partial charge in [-0.05, 0) is 10.3 Å². The molecule has 0 rings (SSSR count). The number of amides is 1. The summed E-state index contributed by atoms with van der Waals surface area (Å²) in [6.07, 6.45) is 3.39. The summed E-state index contributed by atoms with van der Waals surface area (Å²) in [5.74, 6) is 2.24. The van der Waals surface area contributed by atoms with Crippen LogP contribution in [0.2, 0.25) is 0 Å². The molecule has 11 heavy (non-hydrogen) atoms. The molecule has 3 heteroatoms. The topological polar surface area (TPSA) is 29.1 Å². The van der Waals surface area contributed by atoms with E-state index in [0.29, 0.717) is 0 Å². The van der Waals surface area contributed by atoms with E-state index in [0.717, 1.165) is 19.4 Å². The number of carbonyl (C=O) groups excluding carboxylic acids is 1. The van der Waals surface area contributed by atoms with Crippen molar-refractivity contribution in [1.82, 2.24) is 5.32 Å². The minimum Gasteiger partial charge on any atom is -0.345 e. The lowest BCUT2D eigenvalue weighted by molar-refractivity contribution is -0.115. The summed E-state index contributed by atoms with van der Waals surface area (Å²) in [7, 11) is 0. The summed E-state index contributed by atoms with van der Waals surface area (Å²) in [4.78, 5) is 10.7. The number of halogens is 1. The van der Waals surface area contributed by atoms with Crippen LogP contribution in [0.1, 0.15) is 26.2 Å². The van der Waals surface area contributed by atoms with Gasteiger partial charge in [0.15, 0.2) is 0 Å². The van der Waals surface area contributed by atoms with E-state index in [1.165, 1.54) is 6.42 Å². The third-order valence-electron chi connectivity index (χ3n) is 1.23. The van der Waals surface area contributed by atoms with Crippen molar-refractivity contribution in [2.24, 2.45) is 0 Å². The van der Waals surface area contributed by atoms with Crippen LogP contribution in [0.4, 0.5) is 0 Å². The maximum Gasteiger partial charge on any atom is 0.296 e. The summed E-state index contributed by atoms with van der Waals surface area (Å²) in [5, 5.41) is 2.70. The number of hydrogen-bond acceptors (Lipinski definition) is 1. The Morgan fingerprint density at radius 2 is 2.27 bits per heavy atom. The van der Waals surface area contributed by atoms with Crippen molar-refractivity contribution in [2.45, 2.75) is 26.2 Å². The second-order valence-electron chi connectivity index (χ2n) is 2.18. The first-order chi connectivity index (χ1) is 5.31. The molecule has 1 N–H and O–H groups in total. The second kappa shape index (κ2) is 7.86. The van der Waals surface area contributed by atoms with Crippen LogP contribution in [0.5, 0.6) is 0 Å². The Kier molecular flexibility index (Phi) is 7.69. The Morgan fingerprint density at radius 1 is 1.55 bits per heavy atom. The molecule has 0 saturated carbocycles. The van der Waals surface area contributed by atoms with Crippen molar-refractivity contribution < 1.29 is 4.79 Å². The lowest BCUT2D eigenvalue weighted by atomic mass is 10.2. The minimum atomic E-state index is -0.171.